The van der Waals surface area contributed by atoms with E-state index in [1.54, 1.807) is 24.3 Å². The standard InChI is InChI=1S/C12H10BrN3O4S/c13-8-2-1-3-9(6-8)15-21(19,20)10-4-5-12(16(17)18)11(14)7-10/h1-7,15H,14H2. The lowest BCUT2D eigenvalue weighted by molar-refractivity contribution is -0.383. The Balaban J connectivity index is 2.36. The highest BCUT2D eigenvalue weighted by atomic mass is 79.9. The molecule has 0 saturated carbocycles. The molecule has 9 heteroatoms. The third-order valence-electron chi connectivity index (χ3n) is 2.58. The molecule has 0 aliphatic carbocycles. The van der Waals surface area contributed by atoms with Gasteiger partial charge >= 0.3 is 0 Å². The molecular weight excluding hydrogens is 362 g/mol. The Labute approximate surface area is 129 Å². The molecule has 7 nitrogen and oxygen atoms in total. The van der Waals surface area contributed by atoms with Crippen molar-refractivity contribution in [1.29, 1.82) is 0 Å². The first-order valence-electron chi connectivity index (χ1n) is 5.62. The summed E-state index contributed by atoms with van der Waals surface area (Å²) in [4.78, 5) is 9.85. The lowest BCUT2D eigenvalue weighted by Gasteiger charge is -2.09. The molecule has 0 spiro atoms. The molecule has 3 N–H and O–H groups in total. The van der Waals surface area contributed by atoms with Gasteiger partial charge in [-0.2, -0.15) is 0 Å². The highest BCUT2D eigenvalue weighted by molar-refractivity contribution is 9.10. The minimum atomic E-state index is -3.87. The van der Waals surface area contributed by atoms with Gasteiger partial charge in [0.25, 0.3) is 15.7 Å². The van der Waals surface area contributed by atoms with E-state index in [1.807, 2.05) is 0 Å². The fourth-order valence-electron chi connectivity index (χ4n) is 1.63. The lowest BCUT2D eigenvalue weighted by atomic mass is 10.3. The number of halogens is 1. The molecule has 2 aromatic carbocycles. The molecule has 0 unspecified atom stereocenters. The van der Waals surface area contributed by atoms with Crippen LogP contribution in [-0.4, -0.2) is 13.3 Å². The zero-order valence-corrected chi connectivity index (χ0v) is 12.9. The smallest absolute Gasteiger partial charge is 0.292 e. The molecule has 0 heterocycles. The minimum absolute atomic E-state index is 0.148. The molecule has 0 radical (unpaired) electrons. The van der Waals surface area contributed by atoms with Gasteiger partial charge in [-0.25, -0.2) is 8.42 Å². The zero-order chi connectivity index (χ0) is 15.6. The van der Waals surface area contributed by atoms with E-state index < -0.39 is 14.9 Å². The molecule has 2 rings (SSSR count). The number of nitrogen functional groups attached to an aromatic ring is 1. The molecule has 110 valence electrons. The third kappa shape index (κ3) is 3.50. The maximum atomic E-state index is 12.2. The first-order valence-corrected chi connectivity index (χ1v) is 7.89. The topological polar surface area (TPSA) is 115 Å². The van der Waals surface area contributed by atoms with Crippen LogP contribution in [0.3, 0.4) is 0 Å². The molecule has 0 aliphatic heterocycles. The summed E-state index contributed by atoms with van der Waals surface area (Å²) < 4.78 is 27.5. The van der Waals surface area contributed by atoms with Crippen molar-refractivity contribution in [2.75, 3.05) is 10.5 Å². The SMILES string of the molecule is Nc1cc(S(=O)(=O)Nc2cccc(Br)c2)ccc1[N+](=O)[O-]. The first kappa shape index (κ1) is 15.3. The summed E-state index contributed by atoms with van der Waals surface area (Å²) in [5.41, 5.74) is 5.31. The van der Waals surface area contributed by atoms with Crippen molar-refractivity contribution < 1.29 is 13.3 Å². The molecule has 0 aliphatic rings. The van der Waals surface area contributed by atoms with Gasteiger partial charge in [-0.3, -0.25) is 14.8 Å². The molecule has 0 atom stereocenters. The number of hydrogen-bond acceptors (Lipinski definition) is 5. The quantitative estimate of drug-likeness (QED) is 0.486. The number of benzene rings is 2. The van der Waals surface area contributed by atoms with Crippen LogP contribution in [-0.2, 0) is 10.0 Å². The van der Waals surface area contributed by atoms with Gasteiger partial charge in [0.15, 0.2) is 0 Å². The van der Waals surface area contributed by atoms with Crippen LogP contribution in [0.1, 0.15) is 0 Å². The van der Waals surface area contributed by atoms with Crippen LogP contribution in [0.4, 0.5) is 17.1 Å². The van der Waals surface area contributed by atoms with Gasteiger partial charge in [0, 0.05) is 16.2 Å². The number of nitro benzene ring substituents is 1. The van der Waals surface area contributed by atoms with Crippen LogP contribution in [0.5, 0.6) is 0 Å². The maximum absolute atomic E-state index is 12.2. The molecule has 0 amide bonds. The van der Waals surface area contributed by atoms with Gasteiger partial charge in [0.1, 0.15) is 5.69 Å². The fourth-order valence-corrected chi connectivity index (χ4v) is 3.12. The van der Waals surface area contributed by atoms with Crippen LogP contribution < -0.4 is 10.5 Å². The van der Waals surface area contributed by atoms with Crippen molar-refractivity contribution in [3.63, 3.8) is 0 Å². The Morgan fingerprint density at radius 1 is 1.19 bits per heavy atom. The van der Waals surface area contributed by atoms with Crippen molar-refractivity contribution in [2.24, 2.45) is 0 Å². The Morgan fingerprint density at radius 3 is 2.48 bits per heavy atom. The number of nitrogens with two attached hydrogens (primary N) is 1. The molecule has 0 bridgehead atoms. The number of anilines is 2. The Morgan fingerprint density at radius 2 is 1.90 bits per heavy atom. The normalized spacial score (nSPS) is 11.1. The largest absolute Gasteiger partial charge is 0.393 e. The average molecular weight is 372 g/mol. The molecular formula is C12H10BrN3O4S. The molecule has 0 saturated heterocycles. The van der Waals surface area contributed by atoms with Gasteiger partial charge in [0.2, 0.25) is 0 Å². The van der Waals surface area contributed by atoms with E-state index in [4.69, 9.17) is 5.73 Å². The summed E-state index contributed by atoms with van der Waals surface area (Å²) in [5, 5.41) is 10.7. The average Bonchev–Trinajstić information content (AvgIpc) is 2.37. The number of nitrogens with one attached hydrogen (secondary N) is 1. The lowest BCUT2D eigenvalue weighted by Crippen LogP contribution is -2.13. The number of hydrogen-bond donors (Lipinski definition) is 2. The summed E-state index contributed by atoms with van der Waals surface area (Å²) >= 11 is 3.23. The predicted octanol–water partition coefficient (Wildman–Crippen LogP) is 2.74. The summed E-state index contributed by atoms with van der Waals surface area (Å²) in [6.45, 7) is 0. The highest BCUT2D eigenvalue weighted by Crippen LogP contribution is 2.26. The molecule has 2 aromatic rings. The Hall–Kier alpha value is -2.13. The predicted molar refractivity (Wildman–Crippen MR) is 82.5 cm³/mol. The Bertz CT molecular complexity index is 808. The number of sulfonamides is 1. The number of nitro groups is 1. The summed E-state index contributed by atoms with van der Waals surface area (Å²) in [7, 11) is -3.87. The van der Waals surface area contributed by atoms with Crippen LogP contribution >= 0.6 is 15.9 Å². The second-order valence-corrected chi connectivity index (χ2v) is 6.69. The van der Waals surface area contributed by atoms with Gasteiger partial charge < -0.3 is 5.73 Å². The first-order chi connectivity index (χ1) is 9.79. The van der Waals surface area contributed by atoms with Crippen molar-refractivity contribution >= 4 is 43.0 Å². The van der Waals surface area contributed by atoms with Crippen LogP contribution in [0.25, 0.3) is 0 Å². The zero-order valence-electron chi connectivity index (χ0n) is 10.5. The molecule has 21 heavy (non-hydrogen) atoms. The maximum Gasteiger partial charge on any atom is 0.292 e. The van der Waals surface area contributed by atoms with E-state index in [0.29, 0.717) is 10.2 Å². The van der Waals surface area contributed by atoms with Crippen LogP contribution in [0, 0.1) is 10.1 Å². The Kier molecular flexibility index (Phi) is 4.14. The second-order valence-electron chi connectivity index (χ2n) is 4.09. The highest BCUT2D eigenvalue weighted by Gasteiger charge is 2.19. The fraction of sp³-hybridized carbons (Fsp3) is 0. The monoisotopic (exact) mass is 371 g/mol. The van der Waals surface area contributed by atoms with E-state index in [-0.39, 0.29) is 16.3 Å². The van der Waals surface area contributed by atoms with Crippen molar-refractivity contribution in [2.45, 2.75) is 4.90 Å². The van der Waals surface area contributed by atoms with Gasteiger partial charge in [0.05, 0.1) is 9.82 Å². The van der Waals surface area contributed by atoms with Gasteiger partial charge in [-0.1, -0.05) is 22.0 Å². The van der Waals surface area contributed by atoms with Gasteiger partial charge in [-0.15, -0.1) is 0 Å². The van der Waals surface area contributed by atoms with Crippen molar-refractivity contribution in [1.82, 2.24) is 0 Å². The van der Waals surface area contributed by atoms with E-state index in [0.717, 1.165) is 18.2 Å². The number of nitrogens with zero attached hydrogens (tertiary/aromatic N) is 1. The number of rotatable bonds is 4. The molecule has 0 fully saturated rings. The summed E-state index contributed by atoms with van der Waals surface area (Å²) in [6, 6.07) is 9.84. The van der Waals surface area contributed by atoms with Crippen LogP contribution in [0.15, 0.2) is 51.8 Å². The van der Waals surface area contributed by atoms with E-state index in [1.165, 1.54) is 0 Å². The van der Waals surface area contributed by atoms with Crippen LogP contribution in [0.2, 0.25) is 0 Å². The third-order valence-corrected chi connectivity index (χ3v) is 4.46. The van der Waals surface area contributed by atoms with Crippen molar-refractivity contribution in [3.05, 3.63) is 57.1 Å². The van der Waals surface area contributed by atoms with Crippen molar-refractivity contribution in [3.8, 4) is 0 Å². The molecule has 0 aromatic heterocycles. The summed E-state index contributed by atoms with van der Waals surface area (Å²) in [6.07, 6.45) is 0. The van der Waals surface area contributed by atoms with E-state index in [9.17, 15) is 18.5 Å². The van der Waals surface area contributed by atoms with E-state index in [2.05, 4.69) is 20.7 Å². The van der Waals surface area contributed by atoms with Gasteiger partial charge in [-0.05, 0) is 30.3 Å². The second kappa shape index (κ2) is 5.70. The van der Waals surface area contributed by atoms with E-state index >= 15 is 0 Å². The summed E-state index contributed by atoms with van der Waals surface area (Å²) in [5.74, 6) is 0. The minimum Gasteiger partial charge on any atom is -0.393 e.